The van der Waals surface area contributed by atoms with Crippen molar-refractivity contribution in [3.63, 3.8) is 0 Å². The largest absolute Gasteiger partial charge is 0.353 e. The number of carbonyl (C=O) groups excluding carboxylic acids is 1. The molecule has 0 unspecified atom stereocenters. The summed E-state index contributed by atoms with van der Waals surface area (Å²) in [5.74, 6) is 0.0996. The second kappa shape index (κ2) is 5.92. The fraction of sp³-hybridized carbons (Fsp3) is 0.917. The van der Waals surface area contributed by atoms with Crippen LogP contribution in [0, 0.1) is 5.41 Å². The molecule has 0 aromatic heterocycles. The summed E-state index contributed by atoms with van der Waals surface area (Å²) >= 11 is 1.94. The van der Waals surface area contributed by atoms with Crippen LogP contribution in [0.4, 0.5) is 0 Å². The van der Waals surface area contributed by atoms with Crippen LogP contribution in [0.15, 0.2) is 0 Å². The Hall–Kier alpha value is -0.220. The minimum atomic E-state index is -0.434. The number of nitrogens with one attached hydrogen (secondary N) is 1. The van der Waals surface area contributed by atoms with Gasteiger partial charge < -0.3 is 11.1 Å². The Labute approximate surface area is 103 Å². The van der Waals surface area contributed by atoms with E-state index in [-0.39, 0.29) is 5.91 Å². The summed E-state index contributed by atoms with van der Waals surface area (Å²) in [6.45, 7) is 4.20. The Morgan fingerprint density at radius 1 is 1.38 bits per heavy atom. The molecule has 3 nitrogen and oxygen atoms in total. The number of hydrogen-bond donors (Lipinski definition) is 2. The molecule has 0 radical (unpaired) electrons. The monoisotopic (exact) mass is 244 g/mol. The highest BCUT2D eigenvalue weighted by molar-refractivity contribution is 7.99. The lowest BCUT2D eigenvalue weighted by Crippen LogP contribution is -2.47. The van der Waals surface area contributed by atoms with Crippen LogP contribution in [0.3, 0.4) is 0 Å². The first kappa shape index (κ1) is 13.8. The van der Waals surface area contributed by atoms with Gasteiger partial charge in [-0.15, -0.1) is 0 Å². The first-order chi connectivity index (χ1) is 7.49. The number of nitrogens with two attached hydrogens (primary N) is 1. The van der Waals surface area contributed by atoms with Crippen LogP contribution in [-0.4, -0.2) is 30.0 Å². The minimum Gasteiger partial charge on any atom is -0.353 e. The maximum absolute atomic E-state index is 11.9. The Balaban J connectivity index is 2.36. The molecule has 1 amide bonds. The minimum absolute atomic E-state index is 0.0996. The molecule has 16 heavy (non-hydrogen) atoms. The summed E-state index contributed by atoms with van der Waals surface area (Å²) in [4.78, 5) is 11.9. The van der Waals surface area contributed by atoms with E-state index in [1.807, 2.05) is 25.6 Å². The van der Waals surface area contributed by atoms with Gasteiger partial charge in [-0.05, 0) is 45.8 Å². The van der Waals surface area contributed by atoms with Gasteiger partial charge in [-0.3, -0.25) is 4.79 Å². The normalized spacial score (nSPS) is 26.5. The Morgan fingerprint density at radius 3 is 2.38 bits per heavy atom. The summed E-state index contributed by atoms with van der Waals surface area (Å²) in [7, 11) is 0. The average molecular weight is 244 g/mol. The first-order valence-electron chi connectivity index (χ1n) is 6.03. The Kier molecular flexibility index (Phi) is 5.12. The van der Waals surface area contributed by atoms with Gasteiger partial charge in [0, 0.05) is 17.8 Å². The third-order valence-corrected chi connectivity index (χ3v) is 4.61. The molecule has 94 valence electrons. The lowest BCUT2D eigenvalue weighted by molar-refractivity contribution is -0.129. The Morgan fingerprint density at radius 2 is 1.94 bits per heavy atom. The maximum Gasteiger partial charge on any atom is 0.227 e. The number of thioether (sulfide) groups is 1. The number of hydrogen-bond acceptors (Lipinski definition) is 3. The summed E-state index contributed by atoms with van der Waals surface area (Å²) in [6.07, 6.45) is 6.82. The van der Waals surface area contributed by atoms with E-state index in [0.29, 0.717) is 12.6 Å². The van der Waals surface area contributed by atoms with Gasteiger partial charge in [0.1, 0.15) is 0 Å². The highest BCUT2D eigenvalue weighted by atomic mass is 32.2. The van der Waals surface area contributed by atoms with Gasteiger partial charge in [0.2, 0.25) is 5.91 Å². The number of carbonyl (C=O) groups is 1. The van der Waals surface area contributed by atoms with Crippen LogP contribution in [0.25, 0.3) is 0 Å². The van der Waals surface area contributed by atoms with Crippen molar-refractivity contribution in [3.05, 3.63) is 0 Å². The smallest absolute Gasteiger partial charge is 0.227 e. The molecule has 1 saturated carbocycles. The maximum atomic E-state index is 11.9. The number of amides is 1. The number of rotatable bonds is 4. The van der Waals surface area contributed by atoms with Crippen LogP contribution in [0.1, 0.15) is 39.5 Å². The van der Waals surface area contributed by atoms with Crippen molar-refractivity contribution in [2.45, 2.75) is 50.8 Å². The van der Waals surface area contributed by atoms with E-state index in [9.17, 15) is 4.79 Å². The molecule has 0 aliphatic heterocycles. The highest BCUT2D eigenvalue weighted by Crippen LogP contribution is 2.27. The summed E-state index contributed by atoms with van der Waals surface area (Å²) in [5, 5.41) is 3.91. The van der Waals surface area contributed by atoms with E-state index in [4.69, 9.17) is 5.73 Å². The molecule has 1 rings (SSSR count). The molecule has 1 fully saturated rings. The quantitative estimate of drug-likeness (QED) is 0.792. The fourth-order valence-corrected chi connectivity index (χ4v) is 2.66. The molecule has 1 aliphatic rings. The molecule has 0 saturated heterocycles. The SMILES string of the molecule is CSC1CCC(NC(=O)C(C)(C)CN)CC1. The summed E-state index contributed by atoms with van der Waals surface area (Å²) in [5.41, 5.74) is 5.16. The van der Waals surface area contributed by atoms with E-state index in [2.05, 4.69) is 11.6 Å². The van der Waals surface area contributed by atoms with Gasteiger partial charge in [0.25, 0.3) is 0 Å². The van der Waals surface area contributed by atoms with Crippen molar-refractivity contribution >= 4 is 17.7 Å². The molecule has 0 heterocycles. The predicted molar refractivity (Wildman–Crippen MR) is 70.5 cm³/mol. The zero-order valence-corrected chi connectivity index (χ0v) is 11.4. The fourth-order valence-electron chi connectivity index (χ4n) is 1.92. The molecule has 0 spiro atoms. The van der Waals surface area contributed by atoms with Crippen molar-refractivity contribution in [2.75, 3.05) is 12.8 Å². The van der Waals surface area contributed by atoms with E-state index >= 15 is 0 Å². The molecule has 0 atom stereocenters. The Bertz CT molecular complexity index is 235. The summed E-state index contributed by atoms with van der Waals surface area (Å²) in [6, 6.07) is 0.363. The van der Waals surface area contributed by atoms with Crippen LogP contribution >= 0.6 is 11.8 Å². The summed E-state index contributed by atoms with van der Waals surface area (Å²) < 4.78 is 0. The molecular formula is C12H24N2OS. The molecule has 1 aliphatic carbocycles. The third kappa shape index (κ3) is 3.67. The van der Waals surface area contributed by atoms with Crippen molar-refractivity contribution in [2.24, 2.45) is 11.1 Å². The lowest BCUT2D eigenvalue weighted by Gasteiger charge is -2.31. The zero-order valence-electron chi connectivity index (χ0n) is 10.6. The van der Waals surface area contributed by atoms with Gasteiger partial charge in [-0.2, -0.15) is 11.8 Å². The van der Waals surface area contributed by atoms with Crippen molar-refractivity contribution in [1.82, 2.24) is 5.32 Å². The van der Waals surface area contributed by atoms with Crippen molar-refractivity contribution < 1.29 is 4.79 Å². The van der Waals surface area contributed by atoms with E-state index in [1.54, 1.807) is 0 Å². The van der Waals surface area contributed by atoms with Gasteiger partial charge >= 0.3 is 0 Å². The van der Waals surface area contributed by atoms with Crippen LogP contribution in [0.2, 0.25) is 0 Å². The van der Waals surface area contributed by atoms with E-state index in [1.165, 1.54) is 12.8 Å². The van der Waals surface area contributed by atoms with Crippen LogP contribution in [-0.2, 0) is 4.79 Å². The molecule has 0 bridgehead atoms. The lowest BCUT2D eigenvalue weighted by atomic mass is 9.90. The van der Waals surface area contributed by atoms with Crippen molar-refractivity contribution in [3.8, 4) is 0 Å². The first-order valence-corrected chi connectivity index (χ1v) is 7.32. The molecule has 4 heteroatoms. The molecular weight excluding hydrogens is 220 g/mol. The van der Waals surface area contributed by atoms with E-state index < -0.39 is 5.41 Å². The van der Waals surface area contributed by atoms with Gasteiger partial charge in [-0.1, -0.05) is 0 Å². The second-order valence-electron chi connectivity index (χ2n) is 5.27. The molecule has 0 aromatic rings. The van der Waals surface area contributed by atoms with Gasteiger partial charge in [0.05, 0.1) is 5.41 Å². The van der Waals surface area contributed by atoms with Gasteiger partial charge in [-0.25, -0.2) is 0 Å². The third-order valence-electron chi connectivity index (χ3n) is 3.47. The van der Waals surface area contributed by atoms with Crippen LogP contribution < -0.4 is 11.1 Å². The highest BCUT2D eigenvalue weighted by Gasteiger charge is 2.29. The predicted octanol–water partition coefficient (Wildman–Crippen LogP) is 1.76. The second-order valence-corrected chi connectivity index (χ2v) is 6.41. The molecule has 0 aromatic carbocycles. The molecule has 3 N–H and O–H groups in total. The van der Waals surface area contributed by atoms with E-state index in [0.717, 1.165) is 18.1 Å². The van der Waals surface area contributed by atoms with Crippen molar-refractivity contribution in [1.29, 1.82) is 0 Å². The average Bonchev–Trinajstić information content (AvgIpc) is 2.30. The standard InChI is InChI=1S/C12H24N2OS/c1-12(2,8-13)11(15)14-9-4-6-10(16-3)7-5-9/h9-10H,4-8,13H2,1-3H3,(H,14,15). The zero-order chi connectivity index (χ0) is 12.2. The van der Waals surface area contributed by atoms with Gasteiger partial charge in [0.15, 0.2) is 0 Å². The topological polar surface area (TPSA) is 55.1 Å². The van der Waals surface area contributed by atoms with Crippen LogP contribution in [0.5, 0.6) is 0 Å².